The van der Waals surface area contributed by atoms with Gasteiger partial charge in [0, 0.05) is 13.2 Å². The first kappa shape index (κ1) is 6.96. The largest absolute Gasteiger partial charge is 1.00 e. The first-order valence-electron chi connectivity index (χ1n) is 2.08. The molecule has 1 heterocycles. The van der Waals surface area contributed by atoms with Crippen LogP contribution in [0.5, 0.6) is 0 Å². The van der Waals surface area contributed by atoms with E-state index in [1.54, 1.807) is 0 Å². The third kappa shape index (κ3) is 2.19. The average Bonchev–Trinajstić information content (AvgIpc) is 1.76. The summed E-state index contributed by atoms with van der Waals surface area (Å²) >= 11 is 0. The van der Waals surface area contributed by atoms with Crippen LogP contribution in [0, 0.1) is 0 Å². The van der Waals surface area contributed by atoms with E-state index in [1.165, 1.54) is 12.8 Å². The second-order valence-electron chi connectivity index (χ2n) is 1.32. The van der Waals surface area contributed by atoms with Crippen molar-refractivity contribution >= 4 is 0 Å². The molecule has 0 aromatic heterocycles. The molecular weight excluding hydrogens is 87.0 g/mol. The van der Waals surface area contributed by atoms with E-state index in [2.05, 4.69) is 0 Å². The van der Waals surface area contributed by atoms with Gasteiger partial charge in [-0.25, -0.2) is 0 Å². The monoisotopic (exact) mass is 96.1 g/mol. The van der Waals surface area contributed by atoms with Gasteiger partial charge in [0.2, 0.25) is 0 Å². The van der Waals surface area contributed by atoms with Crippen LogP contribution in [-0.2, 0) is 4.74 Å². The van der Waals surface area contributed by atoms with Crippen LogP contribution in [0.15, 0.2) is 0 Å². The van der Waals surface area contributed by atoms with Crippen LogP contribution in [-0.4, -0.2) is 13.2 Å². The fourth-order valence-corrected chi connectivity index (χ4v) is 0.510. The van der Waals surface area contributed by atoms with Crippen molar-refractivity contribution < 1.29 is 35.7 Å². The topological polar surface area (TPSA) is 9.23 Å². The second-order valence-corrected chi connectivity index (χ2v) is 1.32. The van der Waals surface area contributed by atoms with Gasteiger partial charge in [0.25, 0.3) is 0 Å². The van der Waals surface area contributed by atoms with Gasteiger partial charge < -0.3 is 6.16 Å². The second kappa shape index (κ2) is 4.13. The molecule has 1 rings (SSSR count). The molecule has 1 fully saturated rings. The SMILES string of the molecule is C1CCOC1.[H-].[Na+]. The van der Waals surface area contributed by atoms with Gasteiger partial charge >= 0.3 is 29.6 Å². The molecule has 0 radical (unpaired) electrons. The Kier molecular flexibility index (Phi) is 4.79. The first-order valence-corrected chi connectivity index (χ1v) is 2.08. The van der Waals surface area contributed by atoms with Crippen LogP contribution in [0.3, 0.4) is 0 Å². The Balaban J connectivity index is 0. The van der Waals surface area contributed by atoms with Gasteiger partial charge in [-0.15, -0.1) is 0 Å². The maximum Gasteiger partial charge on any atom is 1.00 e. The Morgan fingerprint density at radius 3 is 1.83 bits per heavy atom. The minimum Gasteiger partial charge on any atom is -1.00 e. The summed E-state index contributed by atoms with van der Waals surface area (Å²) in [7, 11) is 0. The standard InChI is InChI=1S/C4H8O.Na.H/c1-2-4-5-3-1;;/h1-4H2;;/q;+1;-1. The molecule has 2 heteroatoms. The van der Waals surface area contributed by atoms with E-state index in [1.807, 2.05) is 0 Å². The number of ether oxygens (including phenoxy) is 1. The van der Waals surface area contributed by atoms with Crippen molar-refractivity contribution in [1.82, 2.24) is 0 Å². The van der Waals surface area contributed by atoms with E-state index >= 15 is 0 Å². The summed E-state index contributed by atoms with van der Waals surface area (Å²) in [6.07, 6.45) is 2.56. The van der Waals surface area contributed by atoms with E-state index in [0.29, 0.717) is 0 Å². The predicted molar refractivity (Wildman–Crippen MR) is 21.2 cm³/mol. The summed E-state index contributed by atoms with van der Waals surface area (Å²) in [6.45, 7) is 2.00. The van der Waals surface area contributed by atoms with E-state index in [0.717, 1.165) is 13.2 Å². The Labute approximate surface area is 61.8 Å². The van der Waals surface area contributed by atoms with Crippen LogP contribution >= 0.6 is 0 Å². The molecule has 0 bridgehead atoms. The molecule has 1 saturated heterocycles. The van der Waals surface area contributed by atoms with Crippen molar-refractivity contribution in [3.63, 3.8) is 0 Å². The summed E-state index contributed by atoms with van der Waals surface area (Å²) in [4.78, 5) is 0. The maximum atomic E-state index is 4.94. The van der Waals surface area contributed by atoms with Crippen molar-refractivity contribution in [3.8, 4) is 0 Å². The molecule has 0 atom stereocenters. The molecule has 6 heavy (non-hydrogen) atoms. The zero-order valence-electron chi connectivity index (χ0n) is 5.24. The third-order valence-electron chi connectivity index (χ3n) is 0.827. The first-order chi connectivity index (χ1) is 2.50. The fourth-order valence-electron chi connectivity index (χ4n) is 0.510. The summed E-state index contributed by atoms with van der Waals surface area (Å²) in [5.74, 6) is 0. The van der Waals surface area contributed by atoms with Crippen LogP contribution < -0.4 is 29.6 Å². The zero-order valence-corrected chi connectivity index (χ0v) is 6.24. The van der Waals surface area contributed by atoms with Gasteiger partial charge in [-0.2, -0.15) is 0 Å². The number of rotatable bonds is 0. The smallest absolute Gasteiger partial charge is 1.00 e. The Hall–Kier alpha value is 0.960. The molecular formula is C4H9NaO. The van der Waals surface area contributed by atoms with Crippen LogP contribution in [0.1, 0.15) is 14.3 Å². The summed E-state index contributed by atoms with van der Waals surface area (Å²) in [6, 6.07) is 0. The van der Waals surface area contributed by atoms with Crippen LogP contribution in [0.25, 0.3) is 0 Å². The summed E-state index contributed by atoms with van der Waals surface area (Å²) < 4.78 is 4.94. The predicted octanol–water partition coefficient (Wildman–Crippen LogP) is -2.09. The van der Waals surface area contributed by atoms with Gasteiger partial charge in [0.15, 0.2) is 0 Å². The fraction of sp³-hybridized carbons (Fsp3) is 1.00. The van der Waals surface area contributed by atoms with Crippen molar-refractivity contribution in [2.24, 2.45) is 0 Å². The summed E-state index contributed by atoms with van der Waals surface area (Å²) in [5.41, 5.74) is 0. The van der Waals surface area contributed by atoms with Crippen molar-refractivity contribution in [3.05, 3.63) is 0 Å². The number of hydrogen-bond acceptors (Lipinski definition) is 1. The molecule has 0 aliphatic carbocycles. The van der Waals surface area contributed by atoms with Crippen molar-refractivity contribution in [2.45, 2.75) is 12.8 Å². The van der Waals surface area contributed by atoms with E-state index in [-0.39, 0.29) is 31.0 Å². The molecule has 32 valence electrons. The van der Waals surface area contributed by atoms with E-state index in [9.17, 15) is 0 Å². The average molecular weight is 96.1 g/mol. The molecule has 0 saturated carbocycles. The Morgan fingerprint density at radius 1 is 1.17 bits per heavy atom. The Morgan fingerprint density at radius 2 is 1.67 bits per heavy atom. The molecule has 0 aromatic carbocycles. The molecule has 0 N–H and O–H groups in total. The molecule has 0 unspecified atom stereocenters. The summed E-state index contributed by atoms with van der Waals surface area (Å²) in [5, 5.41) is 0. The molecule has 0 spiro atoms. The van der Waals surface area contributed by atoms with Crippen molar-refractivity contribution in [2.75, 3.05) is 13.2 Å². The van der Waals surface area contributed by atoms with E-state index < -0.39 is 0 Å². The number of hydrogen-bond donors (Lipinski definition) is 0. The molecule has 1 nitrogen and oxygen atoms in total. The van der Waals surface area contributed by atoms with Gasteiger partial charge in [-0.05, 0) is 12.8 Å². The molecule has 0 amide bonds. The van der Waals surface area contributed by atoms with Gasteiger partial charge in [0.1, 0.15) is 0 Å². The van der Waals surface area contributed by atoms with Crippen LogP contribution in [0.4, 0.5) is 0 Å². The van der Waals surface area contributed by atoms with Gasteiger partial charge in [0.05, 0.1) is 0 Å². The quantitative estimate of drug-likeness (QED) is 0.314. The zero-order chi connectivity index (χ0) is 3.54. The normalized spacial score (nSPS) is 20.0. The van der Waals surface area contributed by atoms with E-state index in [4.69, 9.17) is 4.74 Å². The molecule has 0 aromatic rings. The maximum absolute atomic E-state index is 4.94. The minimum atomic E-state index is 0. The van der Waals surface area contributed by atoms with Gasteiger partial charge in [-0.3, -0.25) is 0 Å². The molecule has 1 aliphatic rings. The molecule has 1 aliphatic heterocycles. The van der Waals surface area contributed by atoms with Gasteiger partial charge in [-0.1, -0.05) is 0 Å². The van der Waals surface area contributed by atoms with Crippen molar-refractivity contribution in [1.29, 1.82) is 0 Å². The Bertz CT molecular complexity index is 23.3. The third-order valence-corrected chi connectivity index (χ3v) is 0.827. The minimum absolute atomic E-state index is 0. The van der Waals surface area contributed by atoms with Crippen LogP contribution in [0.2, 0.25) is 0 Å².